The molecule has 4 bridgehead atoms. The van der Waals surface area contributed by atoms with Gasteiger partial charge < -0.3 is 0 Å². The van der Waals surface area contributed by atoms with E-state index in [1.54, 1.807) is 0 Å². The first-order chi connectivity index (χ1) is 26.6. The first-order valence-corrected chi connectivity index (χ1v) is 19.3. The fourth-order valence-electron chi connectivity index (χ4n) is 10.3. The molecule has 0 N–H and O–H groups in total. The van der Waals surface area contributed by atoms with Crippen LogP contribution in [0.3, 0.4) is 0 Å². The third kappa shape index (κ3) is 5.91. The van der Waals surface area contributed by atoms with Gasteiger partial charge in [0, 0.05) is 27.8 Å². The molecule has 0 saturated heterocycles. The molecule has 4 heteroatoms. The van der Waals surface area contributed by atoms with Gasteiger partial charge >= 0.3 is 0 Å². The maximum absolute atomic E-state index is 10.8. The van der Waals surface area contributed by atoms with Crippen molar-refractivity contribution in [2.75, 3.05) is 0 Å². The largest absolute Gasteiger partial charge is 0.208 e. The summed E-state index contributed by atoms with van der Waals surface area (Å²) < 4.78 is 0. The van der Waals surface area contributed by atoms with Crippen molar-refractivity contribution < 1.29 is 0 Å². The van der Waals surface area contributed by atoms with Gasteiger partial charge in [-0.25, -0.2) is 15.0 Å². The Bertz CT molecular complexity index is 2480. The van der Waals surface area contributed by atoms with Crippen LogP contribution in [0.2, 0.25) is 0 Å². The molecule has 1 aromatic heterocycles. The first-order valence-electron chi connectivity index (χ1n) is 19.3. The van der Waals surface area contributed by atoms with Gasteiger partial charge in [0.2, 0.25) is 0 Å². The number of aromatic nitrogens is 3. The lowest BCUT2D eigenvalue weighted by Gasteiger charge is -2.57. The zero-order chi connectivity index (χ0) is 36.1. The van der Waals surface area contributed by atoms with Crippen molar-refractivity contribution in [1.29, 1.82) is 5.26 Å². The van der Waals surface area contributed by atoms with Gasteiger partial charge in [0.1, 0.15) is 6.07 Å². The van der Waals surface area contributed by atoms with Crippen molar-refractivity contribution in [3.8, 4) is 73.6 Å². The highest BCUT2D eigenvalue weighted by Gasteiger charge is 2.51. The van der Waals surface area contributed by atoms with Gasteiger partial charge in [0.25, 0.3) is 0 Å². The number of nitriles is 1. The van der Waals surface area contributed by atoms with Gasteiger partial charge in [-0.2, -0.15) is 5.26 Å². The molecule has 1 heterocycles. The fourth-order valence-corrected chi connectivity index (χ4v) is 10.3. The quantitative estimate of drug-likeness (QED) is 0.166. The minimum Gasteiger partial charge on any atom is -0.208 e. The lowest BCUT2D eigenvalue weighted by molar-refractivity contribution is -0.00518. The zero-order valence-corrected chi connectivity index (χ0v) is 30.2. The van der Waals surface area contributed by atoms with E-state index in [2.05, 4.69) is 103 Å². The van der Waals surface area contributed by atoms with Crippen LogP contribution in [0.4, 0.5) is 0 Å². The maximum Gasteiger partial charge on any atom is 0.164 e. The average molecular weight is 697 g/mol. The van der Waals surface area contributed by atoms with Crippen LogP contribution >= 0.6 is 0 Å². The molecule has 4 saturated carbocycles. The van der Waals surface area contributed by atoms with Gasteiger partial charge in [-0.05, 0) is 108 Å². The van der Waals surface area contributed by atoms with Gasteiger partial charge in [-0.15, -0.1) is 0 Å². The highest BCUT2D eigenvalue weighted by atomic mass is 15.0. The van der Waals surface area contributed by atoms with Crippen LogP contribution in [0, 0.1) is 29.1 Å². The van der Waals surface area contributed by atoms with Crippen molar-refractivity contribution in [1.82, 2.24) is 15.0 Å². The van der Waals surface area contributed by atoms with E-state index in [0.717, 1.165) is 67.8 Å². The van der Waals surface area contributed by atoms with Crippen LogP contribution in [0.1, 0.15) is 49.7 Å². The molecule has 11 rings (SSSR count). The molecule has 0 spiro atoms. The molecule has 4 aliphatic rings. The molecular weight excluding hydrogens is 657 g/mol. The van der Waals surface area contributed by atoms with E-state index in [0.29, 0.717) is 28.5 Å². The molecule has 4 aliphatic carbocycles. The average Bonchev–Trinajstić information content (AvgIpc) is 3.23. The van der Waals surface area contributed by atoms with E-state index in [-0.39, 0.29) is 0 Å². The second-order valence-electron chi connectivity index (χ2n) is 15.8. The summed E-state index contributed by atoms with van der Waals surface area (Å²) >= 11 is 0. The summed E-state index contributed by atoms with van der Waals surface area (Å²) in [5, 5.41) is 10.8. The smallest absolute Gasteiger partial charge is 0.164 e. The van der Waals surface area contributed by atoms with Crippen molar-refractivity contribution in [3.05, 3.63) is 163 Å². The lowest BCUT2D eigenvalue weighted by Crippen LogP contribution is -2.48. The van der Waals surface area contributed by atoms with Gasteiger partial charge in [0.15, 0.2) is 17.5 Å². The van der Waals surface area contributed by atoms with Crippen molar-refractivity contribution in [2.45, 2.75) is 43.9 Å². The number of hydrogen-bond acceptors (Lipinski definition) is 4. The standard InChI is InChI=1S/C50H40N4/c51-32-46-44(37-13-6-2-7-14-37)27-42(28-45(46)38-19-21-43(22-20-38)50-29-33-23-34(30-50)25-35(24-33)31-50)49-53-47(39-15-8-3-9-16-39)52-48(54-49)41-18-10-17-40(26-41)36-11-4-1-5-12-36/h1-22,26-28,33-35H,23-25,29-31H2. The Morgan fingerprint density at radius 2 is 0.870 bits per heavy atom. The van der Waals surface area contributed by atoms with E-state index in [1.165, 1.54) is 44.1 Å². The summed E-state index contributed by atoms with van der Waals surface area (Å²) in [5.41, 5.74) is 11.1. The summed E-state index contributed by atoms with van der Waals surface area (Å²) in [6, 6.07) is 55.1. The third-order valence-corrected chi connectivity index (χ3v) is 12.3. The predicted molar refractivity (Wildman–Crippen MR) is 217 cm³/mol. The van der Waals surface area contributed by atoms with Crippen LogP contribution in [0.15, 0.2) is 152 Å². The number of rotatable bonds is 7. The van der Waals surface area contributed by atoms with E-state index in [4.69, 9.17) is 15.0 Å². The van der Waals surface area contributed by atoms with Gasteiger partial charge in [-0.1, -0.05) is 133 Å². The number of benzene rings is 6. The molecule has 0 radical (unpaired) electrons. The van der Waals surface area contributed by atoms with Crippen molar-refractivity contribution in [3.63, 3.8) is 0 Å². The Morgan fingerprint density at radius 3 is 1.43 bits per heavy atom. The number of nitrogens with zero attached hydrogens (tertiary/aromatic N) is 4. The van der Waals surface area contributed by atoms with Crippen LogP contribution in [-0.4, -0.2) is 15.0 Å². The highest BCUT2D eigenvalue weighted by Crippen LogP contribution is 2.60. The topological polar surface area (TPSA) is 62.5 Å². The third-order valence-electron chi connectivity index (χ3n) is 12.3. The van der Waals surface area contributed by atoms with E-state index in [1.807, 2.05) is 54.6 Å². The molecular formula is C50H40N4. The molecule has 0 unspecified atom stereocenters. The normalized spacial score (nSPS) is 21.1. The number of hydrogen-bond donors (Lipinski definition) is 0. The Labute approximate surface area is 317 Å². The van der Waals surface area contributed by atoms with Crippen LogP contribution in [0.25, 0.3) is 67.5 Å². The summed E-state index contributed by atoms with van der Waals surface area (Å²) in [6.07, 6.45) is 8.28. The molecule has 7 aromatic rings. The van der Waals surface area contributed by atoms with Crippen molar-refractivity contribution >= 4 is 0 Å². The second-order valence-corrected chi connectivity index (χ2v) is 15.8. The fraction of sp³-hybridized carbons (Fsp3) is 0.200. The molecule has 0 atom stereocenters. The minimum absolute atomic E-state index is 0.315. The Morgan fingerprint density at radius 1 is 0.426 bits per heavy atom. The monoisotopic (exact) mass is 696 g/mol. The summed E-state index contributed by atoms with van der Waals surface area (Å²) in [4.78, 5) is 15.3. The Kier molecular flexibility index (Phi) is 8.02. The zero-order valence-electron chi connectivity index (χ0n) is 30.2. The molecule has 54 heavy (non-hydrogen) atoms. The highest BCUT2D eigenvalue weighted by molar-refractivity contribution is 5.87. The van der Waals surface area contributed by atoms with Crippen LogP contribution < -0.4 is 0 Å². The van der Waals surface area contributed by atoms with E-state index in [9.17, 15) is 5.26 Å². The molecule has 0 aliphatic heterocycles. The molecule has 4 nitrogen and oxygen atoms in total. The molecule has 6 aromatic carbocycles. The van der Waals surface area contributed by atoms with Gasteiger partial charge in [0.05, 0.1) is 5.56 Å². The summed E-state index contributed by atoms with van der Waals surface area (Å²) in [5.74, 6) is 4.43. The minimum atomic E-state index is 0.315. The van der Waals surface area contributed by atoms with Crippen molar-refractivity contribution in [2.24, 2.45) is 17.8 Å². The van der Waals surface area contributed by atoms with Gasteiger partial charge in [-0.3, -0.25) is 0 Å². The molecule has 260 valence electrons. The predicted octanol–water partition coefficient (Wildman–Crippen LogP) is 12.2. The second kappa shape index (κ2) is 13.3. The van der Waals surface area contributed by atoms with Crippen LogP contribution in [-0.2, 0) is 5.41 Å². The molecule has 0 amide bonds. The first kappa shape index (κ1) is 32.5. The summed E-state index contributed by atoms with van der Waals surface area (Å²) in [7, 11) is 0. The Hall–Kier alpha value is -6.18. The van der Waals surface area contributed by atoms with E-state index < -0.39 is 0 Å². The lowest BCUT2D eigenvalue weighted by atomic mass is 9.48. The SMILES string of the molecule is N#Cc1c(-c2ccccc2)cc(-c2nc(-c3ccccc3)nc(-c3cccc(-c4ccccc4)c3)n2)cc1-c1ccc(C23CC4CC(CC(C4)C2)C3)cc1. The summed E-state index contributed by atoms with van der Waals surface area (Å²) in [6.45, 7) is 0. The Balaban J connectivity index is 1.13. The molecule has 4 fully saturated rings. The maximum atomic E-state index is 10.8. The van der Waals surface area contributed by atoms with Crippen LogP contribution in [0.5, 0.6) is 0 Å². The van der Waals surface area contributed by atoms with E-state index >= 15 is 0 Å².